The molecule has 0 aliphatic heterocycles. The van der Waals surface area contributed by atoms with Crippen LogP contribution in [0.1, 0.15) is 20.8 Å². The van der Waals surface area contributed by atoms with Crippen LogP contribution in [0.4, 0.5) is 0 Å². The first kappa shape index (κ1) is 15.6. The van der Waals surface area contributed by atoms with Crippen LogP contribution in [0, 0.1) is 5.41 Å². The number of rotatable bonds is 4. The van der Waals surface area contributed by atoms with E-state index in [0.29, 0.717) is 5.39 Å². The number of ketones is 1. The zero-order valence-electron chi connectivity index (χ0n) is 12.3. The van der Waals surface area contributed by atoms with Gasteiger partial charge in [0.15, 0.2) is 5.78 Å². The average Bonchev–Trinajstić information content (AvgIpc) is 2.43. The van der Waals surface area contributed by atoms with Gasteiger partial charge < -0.3 is 0 Å². The number of pyridine rings is 1. The molecule has 0 amide bonds. The molecule has 0 aliphatic carbocycles. The molecule has 0 spiro atoms. The Morgan fingerprint density at radius 1 is 1.24 bits per heavy atom. The lowest BCUT2D eigenvalue weighted by molar-refractivity contribution is -0.125. The summed E-state index contributed by atoms with van der Waals surface area (Å²) in [6.07, 6.45) is 3.15. The Morgan fingerprint density at radius 2 is 1.95 bits per heavy atom. The van der Waals surface area contributed by atoms with Crippen molar-refractivity contribution in [1.82, 2.24) is 9.71 Å². The van der Waals surface area contributed by atoms with Crippen molar-refractivity contribution in [3.05, 3.63) is 36.7 Å². The van der Waals surface area contributed by atoms with Crippen molar-refractivity contribution in [2.75, 3.05) is 6.54 Å². The van der Waals surface area contributed by atoms with E-state index >= 15 is 0 Å². The van der Waals surface area contributed by atoms with E-state index in [2.05, 4.69) is 9.71 Å². The SMILES string of the molecule is CC(C)(C)C(=O)CNS(=O)(=O)c1cccc2cnccc12. The van der Waals surface area contributed by atoms with Gasteiger partial charge in [0.1, 0.15) is 0 Å². The maximum absolute atomic E-state index is 12.4. The molecular weight excluding hydrogens is 288 g/mol. The van der Waals surface area contributed by atoms with E-state index in [4.69, 9.17) is 0 Å². The summed E-state index contributed by atoms with van der Waals surface area (Å²) in [5.41, 5.74) is -0.578. The van der Waals surface area contributed by atoms with Crippen LogP contribution < -0.4 is 4.72 Å². The lowest BCUT2D eigenvalue weighted by atomic mass is 9.91. The van der Waals surface area contributed by atoms with Crippen molar-refractivity contribution in [3.63, 3.8) is 0 Å². The van der Waals surface area contributed by atoms with E-state index in [9.17, 15) is 13.2 Å². The normalized spacial score (nSPS) is 12.5. The Hall–Kier alpha value is -1.79. The third-order valence-corrected chi connectivity index (χ3v) is 4.65. The first-order chi connectivity index (χ1) is 9.72. The summed E-state index contributed by atoms with van der Waals surface area (Å²) in [6.45, 7) is 5.06. The summed E-state index contributed by atoms with van der Waals surface area (Å²) in [7, 11) is -3.74. The molecule has 0 unspecified atom stereocenters. The van der Waals surface area contributed by atoms with Crippen LogP contribution >= 0.6 is 0 Å². The van der Waals surface area contributed by atoms with E-state index in [1.54, 1.807) is 51.4 Å². The number of aromatic nitrogens is 1. The summed E-state index contributed by atoms with van der Waals surface area (Å²) in [4.78, 5) is 16.0. The number of benzene rings is 1. The summed E-state index contributed by atoms with van der Waals surface area (Å²) in [5.74, 6) is -0.159. The fourth-order valence-electron chi connectivity index (χ4n) is 1.83. The monoisotopic (exact) mass is 306 g/mol. The maximum atomic E-state index is 12.4. The van der Waals surface area contributed by atoms with Gasteiger partial charge in [-0.05, 0) is 12.1 Å². The van der Waals surface area contributed by atoms with Crippen LogP contribution in [0.5, 0.6) is 0 Å². The Bertz CT molecular complexity index is 772. The number of sulfonamides is 1. The van der Waals surface area contributed by atoms with E-state index in [0.717, 1.165) is 5.39 Å². The quantitative estimate of drug-likeness (QED) is 0.939. The highest BCUT2D eigenvalue weighted by molar-refractivity contribution is 7.89. The average molecular weight is 306 g/mol. The topological polar surface area (TPSA) is 76.1 Å². The molecule has 1 N–H and O–H groups in total. The third-order valence-electron chi connectivity index (χ3n) is 3.19. The molecule has 1 aromatic carbocycles. The number of fused-ring (bicyclic) bond motifs is 1. The highest BCUT2D eigenvalue weighted by Crippen LogP contribution is 2.22. The van der Waals surface area contributed by atoms with Gasteiger partial charge in [-0.15, -0.1) is 0 Å². The van der Waals surface area contributed by atoms with Crippen LogP contribution in [0.2, 0.25) is 0 Å². The Kier molecular flexibility index (Phi) is 4.11. The molecule has 112 valence electrons. The predicted molar refractivity (Wildman–Crippen MR) is 81.4 cm³/mol. The van der Waals surface area contributed by atoms with Crippen molar-refractivity contribution < 1.29 is 13.2 Å². The zero-order chi connectivity index (χ0) is 15.7. The fraction of sp³-hybridized carbons (Fsp3) is 0.333. The van der Waals surface area contributed by atoms with Crippen LogP contribution in [0.15, 0.2) is 41.6 Å². The van der Waals surface area contributed by atoms with Gasteiger partial charge in [-0.1, -0.05) is 32.9 Å². The van der Waals surface area contributed by atoms with E-state index in [1.807, 2.05) is 0 Å². The molecule has 0 fully saturated rings. The summed E-state index contributed by atoms with van der Waals surface area (Å²) in [5, 5.41) is 1.32. The second-order valence-corrected chi connectivity index (χ2v) is 7.59. The number of carbonyl (C=O) groups excluding carboxylic acids is 1. The highest BCUT2D eigenvalue weighted by atomic mass is 32.2. The first-order valence-electron chi connectivity index (χ1n) is 6.57. The molecular formula is C15H18N2O3S. The van der Waals surface area contributed by atoms with Crippen molar-refractivity contribution in [2.45, 2.75) is 25.7 Å². The molecule has 0 bridgehead atoms. The molecule has 0 aliphatic rings. The number of nitrogens with zero attached hydrogens (tertiary/aromatic N) is 1. The van der Waals surface area contributed by atoms with Gasteiger partial charge in [0, 0.05) is 28.6 Å². The molecule has 5 nitrogen and oxygen atoms in total. The largest absolute Gasteiger partial charge is 0.298 e. The minimum absolute atomic E-state index is 0.157. The van der Waals surface area contributed by atoms with Crippen molar-refractivity contribution in [3.8, 4) is 0 Å². The van der Waals surface area contributed by atoms with Gasteiger partial charge >= 0.3 is 0 Å². The standard InChI is InChI=1S/C15H18N2O3S/c1-15(2,3)14(18)10-17-21(19,20)13-6-4-5-11-9-16-8-7-12(11)13/h4-9,17H,10H2,1-3H3. The molecule has 0 radical (unpaired) electrons. The smallest absolute Gasteiger partial charge is 0.241 e. The Balaban J connectivity index is 2.33. The number of hydrogen-bond acceptors (Lipinski definition) is 4. The van der Waals surface area contributed by atoms with E-state index in [1.165, 1.54) is 6.07 Å². The summed E-state index contributed by atoms with van der Waals surface area (Å²) >= 11 is 0. The number of Topliss-reactive ketones (excluding diaryl/α,β-unsaturated/α-hetero) is 1. The van der Waals surface area contributed by atoms with Gasteiger partial charge in [-0.3, -0.25) is 9.78 Å². The molecule has 0 saturated carbocycles. The van der Waals surface area contributed by atoms with Crippen molar-refractivity contribution >= 4 is 26.6 Å². The van der Waals surface area contributed by atoms with Gasteiger partial charge in [0.05, 0.1) is 11.4 Å². The second kappa shape index (κ2) is 5.54. The second-order valence-electron chi connectivity index (χ2n) is 5.85. The molecule has 2 rings (SSSR count). The molecule has 6 heteroatoms. The number of carbonyl (C=O) groups is 1. The maximum Gasteiger partial charge on any atom is 0.241 e. The molecule has 0 atom stereocenters. The number of hydrogen-bond donors (Lipinski definition) is 1. The minimum Gasteiger partial charge on any atom is -0.298 e. The van der Waals surface area contributed by atoms with Crippen LogP contribution in [-0.2, 0) is 14.8 Å². The lowest BCUT2D eigenvalue weighted by Gasteiger charge is -2.17. The first-order valence-corrected chi connectivity index (χ1v) is 8.06. The van der Waals surface area contributed by atoms with Crippen LogP contribution in [0.3, 0.4) is 0 Å². The molecule has 1 heterocycles. The predicted octanol–water partition coefficient (Wildman–Crippen LogP) is 2.13. The number of nitrogens with one attached hydrogen (secondary N) is 1. The third kappa shape index (κ3) is 3.46. The van der Waals surface area contributed by atoms with Crippen molar-refractivity contribution in [1.29, 1.82) is 0 Å². The van der Waals surface area contributed by atoms with Crippen LogP contribution in [-0.4, -0.2) is 25.7 Å². The van der Waals surface area contributed by atoms with Gasteiger partial charge in [0.2, 0.25) is 10.0 Å². The van der Waals surface area contributed by atoms with E-state index < -0.39 is 15.4 Å². The zero-order valence-corrected chi connectivity index (χ0v) is 13.1. The van der Waals surface area contributed by atoms with Gasteiger partial charge in [-0.25, -0.2) is 13.1 Å². The van der Waals surface area contributed by atoms with E-state index in [-0.39, 0.29) is 17.2 Å². The Labute approximate surface area is 124 Å². The highest BCUT2D eigenvalue weighted by Gasteiger charge is 2.24. The Morgan fingerprint density at radius 3 is 2.62 bits per heavy atom. The molecule has 21 heavy (non-hydrogen) atoms. The fourth-order valence-corrected chi connectivity index (χ4v) is 3.04. The molecule has 2 aromatic rings. The molecule has 0 saturated heterocycles. The minimum atomic E-state index is -3.74. The summed E-state index contributed by atoms with van der Waals surface area (Å²) < 4.78 is 27.2. The van der Waals surface area contributed by atoms with Crippen LogP contribution in [0.25, 0.3) is 10.8 Å². The summed E-state index contributed by atoms with van der Waals surface area (Å²) in [6, 6.07) is 6.62. The van der Waals surface area contributed by atoms with Gasteiger partial charge in [0.25, 0.3) is 0 Å². The molecule has 1 aromatic heterocycles. The van der Waals surface area contributed by atoms with Crippen molar-refractivity contribution in [2.24, 2.45) is 5.41 Å². The lowest BCUT2D eigenvalue weighted by Crippen LogP contribution is -2.35. The van der Waals surface area contributed by atoms with Gasteiger partial charge in [-0.2, -0.15) is 0 Å².